The lowest BCUT2D eigenvalue weighted by molar-refractivity contribution is 0.0950. The van der Waals surface area contributed by atoms with Gasteiger partial charge in [-0.05, 0) is 38.4 Å². The van der Waals surface area contributed by atoms with Crippen LogP contribution in [0.5, 0.6) is 5.75 Å². The van der Waals surface area contributed by atoms with Crippen molar-refractivity contribution in [2.75, 3.05) is 39.6 Å². The Morgan fingerprint density at radius 1 is 1.17 bits per heavy atom. The van der Waals surface area contributed by atoms with E-state index in [0.29, 0.717) is 18.1 Å². The maximum Gasteiger partial charge on any atom is 0.254 e. The summed E-state index contributed by atoms with van der Waals surface area (Å²) >= 11 is 0. The maximum absolute atomic E-state index is 11.9. The average Bonchev–Trinajstić information content (AvgIpc) is 2.56. The predicted molar refractivity (Wildman–Crippen MR) is 89.2 cm³/mol. The fraction of sp³-hybridized carbons (Fsp3) is 0.312. The molecule has 122 valence electrons. The number of carbonyl (C=O) groups is 1. The van der Waals surface area contributed by atoms with Gasteiger partial charge in [-0.2, -0.15) is 0 Å². The summed E-state index contributed by atoms with van der Waals surface area (Å²) < 4.78 is 5.10. The molecule has 2 N–H and O–H groups in total. The van der Waals surface area contributed by atoms with Gasteiger partial charge in [-0.3, -0.25) is 4.79 Å². The van der Waals surface area contributed by atoms with Crippen LogP contribution in [-0.2, 0) is 0 Å². The van der Waals surface area contributed by atoms with Crippen LogP contribution in [0.3, 0.4) is 0 Å². The van der Waals surface area contributed by atoms with Crippen LogP contribution in [0.1, 0.15) is 10.4 Å². The van der Waals surface area contributed by atoms with E-state index in [9.17, 15) is 4.79 Å². The molecule has 1 aromatic heterocycles. The number of anilines is 2. The Hall–Kier alpha value is -2.67. The number of nitrogens with one attached hydrogen (secondary N) is 2. The quantitative estimate of drug-likeness (QED) is 0.806. The Morgan fingerprint density at radius 2 is 1.83 bits per heavy atom. The Bertz CT molecular complexity index is 626. The standard InChI is InChI=1S/C16H21N5O2/c1-21(2)9-8-17-15(22)12-10-18-16(19-11-12)20-13-4-6-14(23-3)7-5-13/h4-7,10-11H,8-9H2,1-3H3,(H,17,22)(H,18,19,20). The number of benzene rings is 1. The molecule has 0 aliphatic heterocycles. The largest absolute Gasteiger partial charge is 0.497 e. The van der Waals surface area contributed by atoms with Gasteiger partial charge >= 0.3 is 0 Å². The molecule has 0 atom stereocenters. The van der Waals surface area contributed by atoms with E-state index in [0.717, 1.165) is 18.0 Å². The molecule has 0 aliphatic carbocycles. The second kappa shape index (κ2) is 8.09. The van der Waals surface area contributed by atoms with Crippen LogP contribution in [0.15, 0.2) is 36.7 Å². The van der Waals surface area contributed by atoms with Gasteiger partial charge in [0.25, 0.3) is 5.91 Å². The topological polar surface area (TPSA) is 79.4 Å². The Balaban J connectivity index is 1.91. The summed E-state index contributed by atoms with van der Waals surface area (Å²) in [5, 5.41) is 5.88. The zero-order valence-electron chi connectivity index (χ0n) is 13.5. The van der Waals surface area contributed by atoms with Crippen LogP contribution in [0, 0.1) is 0 Å². The minimum absolute atomic E-state index is 0.178. The normalized spacial score (nSPS) is 10.4. The molecule has 0 fully saturated rings. The molecule has 1 amide bonds. The van der Waals surface area contributed by atoms with E-state index in [1.807, 2.05) is 43.3 Å². The number of hydrogen-bond donors (Lipinski definition) is 2. The van der Waals surface area contributed by atoms with Gasteiger partial charge in [0.05, 0.1) is 12.7 Å². The van der Waals surface area contributed by atoms with E-state index in [1.54, 1.807) is 7.11 Å². The lowest BCUT2D eigenvalue weighted by Gasteiger charge is -2.10. The first-order valence-electron chi connectivity index (χ1n) is 7.24. The van der Waals surface area contributed by atoms with Crippen molar-refractivity contribution in [1.82, 2.24) is 20.2 Å². The van der Waals surface area contributed by atoms with Gasteiger partial charge in [0.1, 0.15) is 5.75 Å². The number of nitrogens with zero attached hydrogens (tertiary/aromatic N) is 3. The highest BCUT2D eigenvalue weighted by molar-refractivity contribution is 5.93. The smallest absolute Gasteiger partial charge is 0.254 e. The Kier molecular flexibility index (Phi) is 5.87. The number of aromatic nitrogens is 2. The number of hydrogen-bond acceptors (Lipinski definition) is 6. The van der Waals surface area contributed by atoms with Crippen molar-refractivity contribution in [3.05, 3.63) is 42.2 Å². The van der Waals surface area contributed by atoms with Crippen molar-refractivity contribution in [3.8, 4) is 5.75 Å². The first kappa shape index (κ1) is 16.7. The molecule has 0 saturated carbocycles. The van der Waals surface area contributed by atoms with E-state index in [4.69, 9.17) is 4.74 Å². The van der Waals surface area contributed by atoms with Crippen LogP contribution in [0.2, 0.25) is 0 Å². The molecule has 7 heteroatoms. The van der Waals surface area contributed by atoms with E-state index >= 15 is 0 Å². The third-order valence-corrected chi connectivity index (χ3v) is 3.10. The summed E-state index contributed by atoms with van der Waals surface area (Å²) in [4.78, 5) is 22.2. The van der Waals surface area contributed by atoms with Gasteiger partial charge in [0, 0.05) is 31.2 Å². The van der Waals surface area contributed by atoms with E-state index in [2.05, 4.69) is 20.6 Å². The van der Waals surface area contributed by atoms with E-state index in [1.165, 1.54) is 12.4 Å². The molecular weight excluding hydrogens is 294 g/mol. The summed E-state index contributed by atoms with van der Waals surface area (Å²) in [5.41, 5.74) is 1.28. The molecule has 0 radical (unpaired) electrons. The van der Waals surface area contributed by atoms with Gasteiger partial charge in [0.15, 0.2) is 0 Å². The lowest BCUT2D eigenvalue weighted by atomic mass is 10.3. The number of likely N-dealkylation sites (N-methyl/N-ethyl adjacent to an activating group) is 1. The van der Waals surface area contributed by atoms with Crippen molar-refractivity contribution >= 4 is 17.5 Å². The Labute approximate surface area is 135 Å². The highest BCUT2D eigenvalue weighted by Gasteiger charge is 2.07. The van der Waals surface area contributed by atoms with Crippen molar-refractivity contribution < 1.29 is 9.53 Å². The van der Waals surface area contributed by atoms with Crippen LogP contribution < -0.4 is 15.4 Å². The number of carbonyl (C=O) groups excluding carboxylic acids is 1. The van der Waals surface area contributed by atoms with Gasteiger partial charge < -0.3 is 20.3 Å². The molecular formula is C16H21N5O2. The lowest BCUT2D eigenvalue weighted by Crippen LogP contribution is -2.31. The van der Waals surface area contributed by atoms with Crippen LogP contribution >= 0.6 is 0 Å². The van der Waals surface area contributed by atoms with Crippen molar-refractivity contribution in [2.24, 2.45) is 0 Å². The van der Waals surface area contributed by atoms with Crippen LogP contribution in [-0.4, -0.2) is 55.1 Å². The third kappa shape index (κ3) is 5.23. The van der Waals surface area contributed by atoms with Crippen molar-refractivity contribution in [1.29, 1.82) is 0 Å². The molecule has 0 aliphatic rings. The van der Waals surface area contributed by atoms with Crippen LogP contribution in [0.4, 0.5) is 11.6 Å². The van der Waals surface area contributed by atoms with Gasteiger partial charge in [-0.1, -0.05) is 0 Å². The molecule has 2 rings (SSSR count). The second-order valence-corrected chi connectivity index (χ2v) is 5.21. The first-order valence-corrected chi connectivity index (χ1v) is 7.24. The minimum atomic E-state index is -0.178. The molecule has 7 nitrogen and oxygen atoms in total. The zero-order chi connectivity index (χ0) is 16.7. The van der Waals surface area contributed by atoms with Gasteiger partial charge in [0.2, 0.25) is 5.95 Å². The fourth-order valence-electron chi connectivity index (χ4n) is 1.81. The number of methoxy groups -OCH3 is 1. The molecule has 0 spiro atoms. The highest BCUT2D eigenvalue weighted by atomic mass is 16.5. The number of amides is 1. The summed E-state index contributed by atoms with van der Waals surface area (Å²) in [6, 6.07) is 7.41. The predicted octanol–water partition coefficient (Wildman–Crippen LogP) is 1.52. The zero-order valence-corrected chi connectivity index (χ0v) is 13.5. The van der Waals surface area contributed by atoms with Gasteiger partial charge in [-0.15, -0.1) is 0 Å². The van der Waals surface area contributed by atoms with E-state index in [-0.39, 0.29) is 5.91 Å². The third-order valence-electron chi connectivity index (χ3n) is 3.10. The Morgan fingerprint density at radius 3 is 2.39 bits per heavy atom. The molecule has 23 heavy (non-hydrogen) atoms. The van der Waals surface area contributed by atoms with Crippen molar-refractivity contribution in [2.45, 2.75) is 0 Å². The van der Waals surface area contributed by atoms with E-state index < -0.39 is 0 Å². The summed E-state index contributed by atoms with van der Waals surface area (Å²) in [6.07, 6.45) is 3.01. The average molecular weight is 315 g/mol. The summed E-state index contributed by atoms with van der Waals surface area (Å²) in [6.45, 7) is 1.36. The minimum Gasteiger partial charge on any atom is -0.497 e. The molecule has 0 saturated heterocycles. The first-order chi connectivity index (χ1) is 11.1. The molecule has 1 heterocycles. The maximum atomic E-state index is 11.9. The number of ether oxygens (including phenoxy) is 1. The fourth-order valence-corrected chi connectivity index (χ4v) is 1.81. The molecule has 2 aromatic rings. The second-order valence-electron chi connectivity index (χ2n) is 5.21. The number of rotatable bonds is 7. The van der Waals surface area contributed by atoms with Gasteiger partial charge in [-0.25, -0.2) is 9.97 Å². The SMILES string of the molecule is COc1ccc(Nc2ncc(C(=O)NCCN(C)C)cn2)cc1. The van der Waals surface area contributed by atoms with Crippen molar-refractivity contribution in [3.63, 3.8) is 0 Å². The molecule has 0 unspecified atom stereocenters. The monoisotopic (exact) mass is 315 g/mol. The van der Waals surface area contributed by atoms with Crippen LogP contribution in [0.25, 0.3) is 0 Å². The molecule has 0 bridgehead atoms. The highest BCUT2D eigenvalue weighted by Crippen LogP contribution is 2.17. The molecule has 1 aromatic carbocycles. The summed E-state index contributed by atoms with van der Waals surface area (Å²) in [5.74, 6) is 1.03. The summed E-state index contributed by atoms with van der Waals surface area (Å²) in [7, 11) is 5.53.